The molecule has 1 unspecified atom stereocenters. The number of aliphatic imine (C=N–C) groups is 1. The number of thioether (sulfide) groups is 1. The Morgan fingerprint density at radius 3 is 2.33 bits per heavy atom. The normalized spacial score (nSPS) is 18.7. The van der Waals surface area contributed by atoms with Crippen molar-refractivity contribution in [2.24, 2.45) is 4.99 Å². The molecule has 0 saturated heterocycles. The minimum atomic E-state index is 0.505. The van der Waals surface area contributed by atoms with Crippen LogP contribution in [-0.2, 0) is 6.42 Å². The molecule has 2 aromatic carbocycles. The maximum atomic E-state index is 4.67. The first kappa shape index (κ1) is 11.5. The monoisotopic (exact) mass is 253 g/mol. The molecule has 1 aliphatic rings. The third kappa shape index (κ3) is 2.65. The highest BCUT2D eigenvalue weighted by Crippen LogP contribution is 2.35. The fourth-order valence-corrected chi connectivity index (χ4v) is 3.30. The van der Waals surface area contributed by atoms with E-state index >= 15 is 0 Å². The van der Waals surface area contributed by atoms with E-state index in [4.69, 9.17) is 0 Å². The van der Waals surface area contributed by atoms with E-state index in [9.17, 15) is 0 Å². The van der Waals surface area contributed by atoms with Gasteiger partial charge in [0.05, 0.1) is 16.8 Å². The molecule has 0 aromatic heterocycles. The molecule has 90 valence electrons. The van der Waals surface area contributed by atoms with Gasteiger partial charge in [0.2, 0.25) is 0 Å². The molecule has 0 bridgehead atoms. The van der Waals surface area contributed by atoms with E-state index in [2.05, 4.69) is 65.7 Å². The Hall–Kier alpha value is -1.54. The zero-order valence-corrected chi connectivity index (χ0v) is 10.9. The van der Waals surface area contributed by atoms with Crippen LogP contribution in [0.2, 0.25) is 0 Å². The van der Waals surface area contributed by atoms with Gasteiger partial charge in [-0.1, -0.05) is 60.7 Å². The van der Waals surface area contributed by atoms with Crippen molar-refractivity contribution in [2.75, 3.05) is 6.54 Å². The number of nitrogens with zero attached hydrogens (tertiary/aromatic N) is 1. The second-order valence-corrected chi connectivity index (χ2v) is 5.69. The fourth-order valence-electron chi connectivity index (χ4n) is 2.13. The summed E-state index contributed by atoms with van der Waals surface area (Å²) in [4.78, 5) is 4.67. The van der Waals surface area contributed by atoms with Gasteiger partial charge < -0.3 is 0 Å². The molecular weight excluding hydrogens is 238 g/mol. The second kappa shape index (κ2) is 5.40. The molecule has 0 aliphatic carbocycles. The van der Waals surface area contributed by atoms with E-state index in [1.165, 1.54) is 16.2 Å². The third-order valence-corrected chi connectivity index (χ3v) is 4.33. The summed E-state index contributed by atoms with van der Waals surface area (Å²) in [6.45, 7) is 0.914. The van der Waals surface area contributed by atoms with Crippen molar-refractivity contribution in [3.63, 3.8) is 0 Å². The summed E-state index contributed by atoms with van der Waals surface area (Å²) in [7, 11) is 0. The van der Waals surface area contributed by atoms with Gasteiger partial charge in [-0.3, -0.25) is 4.99 Å². The lowest BCUT2D eigenvalue weighted by Gasteiger charge is -2.08. The van der Waals surface area contributed by atoms with Crippen LogP contribution in [-0.4, -0.2) is 11.6 Å². The SMILES string of the molecule is c1ccc(CC2=NCC(c3ccccc3)S2)cc1. The Kier molecular flexibility index (Phi) is 3.47. The largest absolute Gasteiger partial charge is 0.281 e. The van der Waals surface area contributed by atoms with Gasteiger partial charge in [0.1, 0.15) is 0 Å². The molecule has 3 rings (SSSR count). The van der Waals surface area contributed by atoms with Crippen molar-refractivity contribution >= 4 is 16.8 Å². The van der Waals surface area contributed by atoms with E-state index in [1.807, 2.05) is 11.8 Å². The third-order valence-electron chi connectivity index (χ3n) is 3.08. The number of benzene rings is 2. The average Bonchev–Trinajstić information content (AvgIpc) is 2.89. The van der Waals surface area contributed by atoms with Gasteiger partial charge in [0, 0.05) is 6.42 Å². The summed E-state index contributed by atoms with van der Waals surface area (Å²) in [5, 5.41) is 1.76. The molecule has 0 fully saturated rings. The lowest BCUT2D eigenvalue weighted by molar-refractivity contribution is 0.964. The van der Waals surface area contributed by atoms with Gasteiger partial charge in [-0.2, -0.15) is 0 Å². The van der Waals surface area contributed by atoms with E-state index < -0.39 is 0 Å². The Bertz CT molecular complexity index is 534. The van der Waals surface area contributed by atoms with Crippen molar-refractivity contribution in [2.45, 2.75) is 11.7 Å². The lowest BCUT2D eigenvalue weighted by Crippen LogP contribution is -1.96. The molecule has 0 spiro atoms. The Morgan fingerprint density at radius 1 is 0.944 bits per heavy atom. The summed E-state index contributed by atoms with van der Waals surface area (Å²) >= 11 is 1.91. The highest BCUT2D eigenvalue weighted by atomic mass is 32.2. The van der Waals surface area contributed by atoms with Crippen LogP contribution >= 0.6 is 11.8 Å². The predicted molar refractivity (Wildman–Crippen MR) is 79.2 cm³/mol. The van der Waals surface area contributed by atoms with Crippen LogP contribution in [0.5, 0.6) is 0 Å². The smallest absolute Gasteiger partial charge is 0.0727 e. The quantitative estimate of drug-likeness (QED) is 0.801. The maximum Gasteiger partial charge on any atom is 0.0727 e. The number of hydrogen-bond acceptors (Lipinski definition) is 2. The fraction of sp³-hybridized carbons (Fsp3) is 0.188. The molecule has 0 saturated carbocycles. The van der Waals surface area contributed by atoms with Crippen molar-refractivity contribution in [3.8, 4) is 0 Å². The van der Waals surface area contributed by atoms with Crippen LogP contribution in [0, 0.1) is 0 Å². The summed E-state index contributed by atoms with van der Waals surface area (Å²) < 4.78 is 0. The van der Waals surface area contributed by atoms with Crippen LogP contribution in [0.25, 0.3) is 0 Å². The van der Waals surface area contributed by atoms with E-state index in [0.29, 0.717) is 5.25 Å². The van der Waals surface area contributed by atoms with Crippen LogP contribution in [0.1, 0.15) is 16.4 Å². The number of rotatable bonds is 3. The summed E-state index contributed by atoms with van der Waals surface area (Å²) in [6.07, 6.45) is 0.967. The van der Waals surface area contributed by atoms with Gasteiger partial charge in [-0.25, -0.2) is 0 Å². The van der Waals surface area contributed by atoms with Crippen molar-refractivity contribution in [1.82, 2.24) is 0 Å². The van der Waals surface area contributed by atoms with Crippen molar-refractivity contribution in [3.05, 3.63) is 71.8 Å². The molecule has 2 heteroatoms. The zero-order chi connectivity index (χ0) is 12.2. The molecule has 18 heavy (non-hydrogen) atoms. The molecular formula is C16H15NS. The molecule has 0 radical (unpaired) electrons. The highest BCUT2D eigenvalue weighted by molar-refractivity contribution is 8.14. The Labute approximate surface area is 112 Å². The minimum absolute atomic E-state index is 0.505. The standard InChI is InChI=1S/C16H15NS/c1-3-7-13(8-4-1)11-16-17-12-15(18-16)14-9-5-2-6-10-14/h1-10,15H,11-12H2. The molecule has 2 aromatic rings. The molecule has 0 N–H and O–H groups in total. The van der Waals surface area contributed by atoms with Gasteiger partial charge in [0.15, 0.2) is 0 Å². The molecule has 1 heterocycles. The summed E-state index contributed by atoms with van der Waals surface area (Å²) in [5.41, 5.74) is 2.73. The summed E-state index contributed by atoms with van der Waals surface area (Å²) in [6, 6.07) is 21.2. The van der Waals surface area contributed by atoms with Gasteiger partial charge in [0.25, 0.3) is 0 Å². The molecule has 1 atom stereocenters. The first-order valence-corrected chi connectivity index (χ1v) is 7.08. The Morgan fingerprint density at radius 2 is 1.61 bits per heavy atom. The molecule has 1 nitrogen and oxygen atoms in total. The topological polar surface area (TPSA) is 12.4 Å². The van der Waals surface area contributed by atoms with E-state index in [0.717, 1.165) is 13.0 Å². The molecule has 0 amide bonds. The van der Waals surface area contributed by atoms with E-state index in [-0.39, 0.29) is 0 Å². The second-order valence-electron chi connectivity index (χ2n) is 4.41. The average molecular weight is 253 g/mol. The van der Waals surface area contributed by atoms with Gasteiger partial charge in [-0.15, -0.1) is 11.8 Å². The van der Waals surface area contributed by atoms with Crippen LogP contribution in [0.15, 0.2) is 65.7 Å². The maximum absolute atomic E-state index is 4.67. The highest BCUT2D eigenvalue weighted by Gasteiger charge is 2.20. The van der Waals surface area contributed by atoms with Gasteiger partial charge in [-0.05, 0) is 11.1 Å². The molecule has 1 aliphatic heterocycles. The van der Waals surface area contributed by atoms with Crippen molar-refractivity contribution in [1.29, 1.82) is 0 Å². The predicted octanol–water partition coefficient (Wildman–Crippen LogP) is 4.12. The zero-order valence-electron chi connectivity index (χ0n) is 10.1. The van der Waals surface area contributed by atoms with Crippen LogP contribution in [0.3, 0.4) is 0 Å². The van der Waals surface area contributed by atoms with Gasteiger partial charge >= 0.3 is 0 Å². The first-order valence-electron chi connectivity index (χ1n) is 6.21. The summed E-state index contributed by atoms with van der Waals surface area (Å²) in [5.74, 6) is 0. The lowest BCUT2D eigenvalue weighted by atomic mass is 10.1. The van der Waals surface area contributed by atoms with Crippen molar-refractivity contribution < 1.29 is 0 Å². The first-order chi connectivity index (χ1) is 8.92. The minimum Gasteiger partial charge on any atom is -0.281 e. The van der Waals surface area contributed by atoms with Crippen LogP contribution in [0.4, 0.5) is 0 Å². The van der Waals surface area contributed by atoms with Crippen LogP contribution < -0.4 is 0 Å². The Balaban J connectivity index is 1.65. The van der Waals surface area contributed by atoms with E-state index in [1.54, 1.807) is 0 Å². The number of hydrogen-bond donors (Lipinski definition) is 0.